The molecular formula is C4H7P. The molecule has 28 valence electrons. The van der Waals surface area contributed by atoms with E-state index in [1.165, 1.54) is 19.0 Å². The number of hydrogen-bond acceptors (Lipinski definition) is 0. The molecular weight excluding hydrogens is 79.0 g/mol. The maximum absolute atomic E-state index is 2.33. The van der Waals surface area contributed by atoms with Crippen LogP contribution in [0.15, 0.2) is 0 Å². The van der Waals surface area contributed by atoms with Crippen molar-refractivity contribution in [3.8, 4) is 0 Å². The summed E-state index contributed by atoms with van der Waals surface area (Å²) in [5.41, 5.74) is 0. The van der Waals surface area contributed by atoms with E-state index in [1.807, 2.05) is 0 Å². The van der Waals surface area contributed by atoms with Gasteiger partial charge in [-0.15, -0.1) is 8.20 Å². The summed E-state index contributed by atoms with van der Waals surface area (Å²) in [4.78, 5) is 0. The zero-order valence-electron chi connectivity index (χ0n) is 3.15. The highest BCUT2D eigenvalue weighted by Gasteiger charge is 1.85. The molecule has 1 heteroatoms. The highest BCUT2D eigenvalue weighted by molar-refractivity contribution is 7.38. The van der Waals surface area contributed by atoms with Crippen molar-refractivity contribution >= 4 is 14.0 Å². The zero-order chi connectivity index (χ0) is 3.54. The van der Waals surface area contributed by atoms with E-state index in [0.29, 0.717) is 0 Å². The third-order valence-corrected chi connectivity index (χ3v) is 1.84. The largest absolute Gasteiger partial charge is 0.109 e. The van der Waals surface area contributed by atoms with E-state index in [1.54, 1.807) is 8.20 Å². The van der Waals surface area contributed by atoms with Crippen LogP contribution >= 0.6 is 8.20 Å². The molecule has 0 fully saturated rings. The molecule has 0 unspecified atom stereocenters. The summed E-state index contributed by atoms with van der Waals surface area (Å²) in [7, 11) is 1.57. The molecule has 0 aromatic carbocycles. The van der Waals surface area contributed by atoms with E-state index in [-0.39, 0.29) is 0 Å². The first kappa shape index (κ1) is 3.36. The van der Waals surface area contributed by atoms with Crippen LogP contribution in [0.2, 0.25) is 0 Å². The van der Waals surface area contributed by atoms with Crippen LogP contribution in [0.1, 0.15) is 12.8 Å². The Kier molecular flexibility index (Phi) is 1.05. The Bertz CT molecular complexity index is 41.6. The molecule has 0 saturated carbocycles. The summed E-state index contributed by atoms with van der Waals surface area (Å²) in [6.45, 7) is 0. The van der Waals surface area contributed by atoms with E-state index in [0.717, 1.165) is 0 Å². The minimum Gasteiger partial charge on any atom is -0.109 e. The lowest BCUT2D eigenvalue weighted by molar-refractivity contribution is 1.05. The van der Waals surface area contributed by atoms with Gasteiger partial charge in [0.25, 0.3) is 0 Å². The summed E-state index contributed by atoms with van der Waals surface area (Å²) < 4.78 is 0. The van der Waals surface area contributed by atoms with Gasteiger partial charge < -0.3 is 0 Å². The van der Waals surface area contributed by atoms with Crippen LogP contribution < -0.4 is 0 Å². The molecule has 0 aliphatic carbocycles. The molecule has 0 saturated heterocycles. The van der Waals surface area contributed by atoms with E-state index in [2.05, 4.69) is 5.80 Å². The zero-order valence-corrected chi connectivity index (χ0v) is 4.04. The summed E-state index contributed by atoms with van der Waals surface area (Å²) in [5.74, 6) is 2.33. The summed E-state index contributed by atoms with van der Waals surface area (Å²) >= 11 is 0. The first-order chi connectivity index (χ1) is 2.50. The minimum atomic E-state index is 1.36. The van der Waals surface area contributed by atoms with Crippen molar-refractivity contribution in [2.24, 2.45) is 0 Å². The molecule has 1 rings (SSSR count). The second-order valence-corrected chi connectivity index (χ2v) is 2.41. The SMILES string of the molecule is C1=PCCC1. The average Bonchev–Trinajstić information content (AvgIpc) is 1.76. The molecule has 0 aromatic heterocycles. The highest BCUT2D eigenvalue weighted by atomic mass is 31.1. The van der Waals surface area contributed by atoms with Crippen LogP contribution in [0.25, 0.3) is 0 Å². The number of rotatable bonds is 0. The fraction of sp³-hybridized carbons (Fsp3) is 0.750. The fourth-order valence-electron chi connectivity index (χ4n) is 0.456. The van der Waals surface area contributed by atoms with Gasteiger partial charge in [0.2, 0.25) is 0 Å². The first-order valence-electron chi connectivity index (χ1n) is 1.98. The molecule has 0 atom stereocenters. The second kappa shape index (κ2) is 1.57. The van der Waals surface area contributed by atoms with Gasteiger partial charge in [-0.1, -0.05) is 5.80 Å². The monoisotopic (exact) mass is 86.0 g/mol. The van der Waals surface area contributed by atoms with E-state index >= 15 is 0 Å². The predicted octanol–water partition coefficient (Wildman–Crippen LogP) is 1.53. The highest BCUT2D eigenvalue weighted by Crippen LogP contribution is 2.07. The van der Waals surface area contributed by atoms with Crippen LogP contribution in [-0.2, 0) is 0 Å². The topological polar surface area (TPSA) is 0 Å². The van der Waals surface area contributed by atoms with Crippen LogP contribution in [-0.4, -0.2) is 12.0 Å². The van der Waals surface area contributed by atoms with Gasteiger partial charge in [-0.2, -0.15) is 0 Å². The summed E-state index contributed by atoms with van der Waals surface area (Å²) in [6.07, 6.45) is 4.21. The second-order valence-electron chi connectivity index (χ2n) is 1.23. The van der Waals surface area contributed by atoms with Crippen molar-refractivity contribution in [2.75, 3.05) is 6.16 Å². The van der Waals surface area contributed by atoms with Crippen molar-refractivity contribution in [1.29, 1.82) is 0 Å². The van der Waals surface area contributed by atoms with Gasteiger partial charge in [0, 0.05) is 0 Å². The maximum atomic E-state index is 2.33. The average molecular weight is 86.1 g/mol. The Hall–Kier alpha value is 0.170. The molecule has 0 N–H and O–H groups in total. The van der Waals surface area contributed by atoms with Crippen molar-refractivity contribution in [3.05, 3.63) is 0 Å². The van der Waals surface area contributed by atoms with Gasteiger partial charge in [0.1, 0.15) is 0 Å². The molecule has 0 radical (unpaired) electrons. The first-order valence-corrected chi connectivity index (χ1v) is 3.13. The number of hydrogen-bond donors (Lipinski definition) is 0. The third kappa shape index (κ3) is 0.735. The summed E-state index contributed by atoms with van der Waals surface area (Å²) in [5, 5.41) is 0. The Labute approximate surface area is 34.0 Å². The van der Waals surface area contributed by atoms with Crippen LogP contribution in [0.4, 0.5) is 0 Å². The molecule has 5 heavy (non-hydrogen) atoms. The van der Waals surface area contributed by atoms with Crippen molar-refractivity contribution < 1.29 is 0 Å². The van der Waals surface area contributed by atoms with E-state index < -0.39 is 0 Å². The quantitative estimate of drug-likeness (QED) is 0.392. The Balaban J connectivity index is 2.32. The van der Waals surface area contributed by atoms with Crippen molar-refractivity contribution in [3.63, 3.8) is 0 Å². The van der Waals surface area contributed by atoms with Gasteiger partial charge in [0.05, 0.1) is 0 Å². The summed E-state index contributed by atoms with van der Waals surface area (Å²) in [6, 6.07) is 0. The standard InChI is InChI=1S/C4H7P/c1-2-4-5-3-1/h3H,1-2,4H2. The minimum absolute atomic E-state index is 1.36. The van der Waals surface area contributed by atoms with Gasteiger partial charge in [0.15, 0.2) is 0 Å². The van der Waals surface area contributed by atoms with Crippen molar-refractivity contribution in [2.45, 2.75) is 12.8 Å². The predicted molar refractivity (Wildman–Crippen MR) is 27.1 cm³/mol. The Morgan fingerprint density at radius 1 is 1.60 bits per heavy atom. The van der Waals surface area contributed by atoms with Crippen LogP contribution in [0.3, 0.4) is 0 Å². The lowest BCUT2D eigenvalue weighted by Crippen LogP contribution is -1.60. The van der Waals surface area contributed by atoms with E-state index in [4.69, 9.17) is 0 Å². The molecule has 0 bridgehead atoms. The maximum Gasteiger partial charge on any atom is -0.0106 e. The fourth-order valence-corrected chi connectivity index (χ4v) is 1.37. The molecule has 0 aromatic rings. The molecule has 0 spiro atoms. The van der Waals surface area contributed by atoms with Gasteiger partial charge in [-0.3, -0.25) is 0 Å². The normalized spacial score (nSPS) is 24.0. The Morgan fingerprint density at radius 3 is 2.80 bits per heavy atom. The van der Waals surface area contributed by atoms with Crippen LogP contribution in [0.5, 0.6) is 0 Å². The molecule has 1 aliphatic heterocycles. The molecule has 0 nitrogen and oxygen atoms in total. The van der Waals surface area contributed by atoms with Gasteiger partial charge in [-0.25, -0.2) is 0 Å². The molecule has 1 aliphatic rings. The van der Waals surface area contributed by atoms with Crippen LogP contribution in [0, 0.1) is 0 Å². The van der Waals surface area contributed by atoms with Gasteiger partial charge in [-0.05, 0) is 19.0 Å². The third-order valence-electron chi connectivity index (χ3n) is 0.750. The Morgan fingerprint density at radius 2 is 2.60 bits per heavy atom. The van der Waals surface area contributed by atoms with Crippen molar-refractivity contribution in [1.82, 2.24) is 0 Å². The van der Waals surface area contributed by atoms with Gasteiger partial charge >= 0.3 is 0 Å². The molecule has 0 amide bonds. The smallest absolute Gasteiger partial charge is 0.0106 e. The lowest BCUT2D eigenvalue weighted by Gasteiger charge is -1.68. The van der Waals surface area contributed by atoms with E-state index in [9.17, 15) is 0 Å². The lowest BCUT2D eigenvalue weighted by atomic mass is 10.4. The molecule has 1 heterocycles.